The van der Waals surface area contributed by atoms with E-state index in [0.717, 1.165) is 24.8 Å². The van der Waals surface area contributed by atoms with Crippen molar-refractivity contribution in [2.24, 2.45) is 0 Å². The summed E-state index contributed by atoms with van der Waals surface area (Å²) in [7, 11) is 0. The summed E-state index contributed by atoms with van der Waals surface area (Å²) in [6.45, 7) is 2.47. The first-order valence-electron chi connectivity index (χ1n) is 8.95. The zero-order valence-electron chi connectivity index (χ0n) is 14.6. The minimum atomic E-state index is -0.173. The van der Waals surface area contributed by atoms with Crippen molar-refractivity contribution >= 4 is 5.91 Å². The van der Waals surface area contributed by atoms with Crippen LogP contribution in [0.4, 0.5) is 0 Å². The predicted molar refractivity (Wildman–Crippen MR) is 93.3 cm³/mol. The van der Waals surface area contributed by atoms with Gasteiger partial charge in [-0.15, -0.1) is 0 Å². The molecule has 0 saturated carbocycles. The first kappa shape index (κ1) is 17.1. The molecule has 136 valence electrons. The highest BCUT2D eigenvalue weighted by molar-refractivity contribution is 5.90. The fourth-order valence-electron chi connectivity index (χ4n) is 3.62. The quantitative estimate of drug-likeness (QED) is 0.834. The Balaban J connectivity index is 1.28. The van der Waals surface area contributed by atoms with Crippen LogP contribution in [0.3, 0.4) is 0 Å². The third kappa shape index (κ3) is 3.73. The molecule has 1 amide bonds. The van der Waals surface area contributed by atoms with Crippen molar-refractivity contribution in [2.75, 3.05) is 19.7 Å². The maximum Gasteiger partial charge on any atom is 0.291 e. The molecular formula is C19H22N4O3. The molecular weight excluding hydrogens is 332 g/mol. The average Bonchev–Trinajstić information content (AvgIpc) is 3.10. The molecule has 4 heterocycles. The SMILES string of the molecule is O=C(c1ncccn1)N1CCC2(CC1)CC(OCc1cccnc1)CO2. The van der Waals surface area contributed by atoms with E-state index in [0.29, 0.717) is 26.3 Å². The van der Waals surface area contributed by atoms with Crippen molar-refractivity contribution in [1.29, 1.82) is 0 Å². The molecule has 2 aliphatic rings. The predicted octanol–water partition coefficient (Wildman–Crippen LogP) is 1.85. The Bertz CT molecular complexity index is 733. The molecule has 7 nitrogen and oxygen atoms in total. The van der Waals surface area contributed by atoms with E-state index in [2.05, 4.69) is 15.0 Å². The number of nitrogens with zero attached hydrogens (tertiary/aromatic N) is 4. The van der Waals surface area contributed by atoms with Crippen LogP contribution >= 0.6 is 0 Å². The van der Waals surface area contributed by atoms with Crippen LogP contribution < -0.4 is 0 Å². The van der Waals surface area contributed by atoms with E-state index in [1.54, 1.807) is 24.7 Å². The minimum Gasteiger partial charge on any atom is -0.372 e. The molecule has 0 aliphatic carbocycles. The van der Waals surface area contributed by atoms with Crippen molar-refractivity contribution in [3.05, 3.63) is 54.4 Å². The molecule has 2 saturated heterocycles. The number of hydrogen-bond donors (Lipinski definition) is 0. The first-order chi connectivity index (χ1) is 12.7. The number of carbonyl (C=O) groups excluding carboxylic acids is 1. The summed E-state index contributed by atoms with van der Waals surface area (Å²) in [6, 6.07) is 5.63. The number of piperidine rings is 1. The van der Waals surface area contributed by atoms with E-state index >= 15 is 0 Å². The largest absolute Gasteiger partial charge is 0.372 e. The lowest BCUT2D eigenvalue weighted by molar-refractivity contribution is -0.0414. The first-order valence-corrected chi connectivity index (χ1v) is 8.95. The molecule has 1 atom stereocenters. The molecule has 0 aromatic carbocycles. The maximum absolute atomic E-state index is 12.5. The van der Waals surface area contributed by atoms with Crippen molar-refractivity contribution in [2.45, 2.75) is 37.6 Å². The highest BCUT2D eigenvalue weighted by Crippen LogP contribution is 2.37. The number of ether oxygens (including phenoxy) is 2. The maximum atomic E-state index is 12.5. The van der Waals surface area contributed by atoms with Crippen LogP contribution in [0.15, 0.2) is 43.0 Å². The lowest BCUT2D eigenvalue weighted by atomic mass is 9.88. The minimum absolute atomic E-state index is 0.0925. The van der Waals surface area contributed by atoms with Crippen molar-refractivity contribution in [3.8, 4) is 0 Å². The summed E-state index contributed by atoms with van der Waals surface area (Å²) in [5.41, 5.74) is 0.894. The van der Waals surface area contributed by atoms with Crippen LogP contribution in [0, 0.1) is 0 Å². The Kier molecular flexibility index (Phi) is 4.90. The second-order valence-corrected chi connectivity index (χ2v) is 6.86. The molecule has 1 spiro atoms. The second-order valence-electron chi connectivity index (χ2n) is 6.86. The zero-order chi connectivity index (χ0) is 17.8. The zero-order valence-corrected chi connectivity index (χ0v) is 14.6. The Morgan fingerprint density at radius 1 is 1.23 bits per heavy atom. The van der Waals surface area contributed by atoms with Crippen LogP contribution in [0.5, 0.6) is 0 Å². The molecule has 0 N–H and O–H groups in total. The van der Waals surface area contributed by atoms with Crippen molar-refractivity contribution in [3.63, 3.8) is 0 Å². The number of carbonyl (C=O) groups is 1. The average molecular weight is 354 g/mol. The molecule has 2 aromatic rings. The third-order valence-corrected chi connectivity index (χ3v) is 5.10. The van der Waals surface area contributed by atoms with Gasteiger partial charge >= 0.3 is 0 Å². The van der Waals surface area contributed by atoms with Gasteiger partial charge in [0.2, 0.25) is 5.82 Å². The Morgan fingerprint density at radius 3 is 2.77 bits per heavy atom. The van der Waals surface area contributed by atoms with Gasteiger partial charge in [-0.25, -0.2) is 9.97 Å². The summed E-state index contributed by atoms with van der Waals surface area (Å²) in [6.07, 6.45) is 9.36. The molecule has 2 aromatic heterocycles. The lowest BCUT2D eigenvalue weighted by Gasteiger charge is -2.38. The van der Waals surface area contributed by atoms with Gasteiger partial charge in [0, 0.05) is 44.3 Å². The smallest absolute Gasteiger partial charge is 0.291 e. The van der Waals surface area contributed by atoms with Crippen molar-refractivity contribution in [1.82, 2.24) is 19.9 Å². The van der Waals surface area contributed by atoms with E-state index in [4.69, 9.17) is 9.47 Å². The van der Waals surface area contributed by atoms with Gasteiger partial charge in [0.25, 0.3) is 5.91 Å². The molecule has 26 heavy (non-hydrogen) atoms. The summed E-state index contributed by atoms with van der Waals surface area (Å²) >= 11 is 0. The molecule has 2 aliphatic heterocycles. The van der Waals surface area contributed by atoms with Gasteiger partial charge in [0.1, 0.15) is 0 Å². The third-order valence-electron chi connectivity index (χ3n) is 5.10. The monoisotopic (exact) mass is 354 g/mol. The number of pyridine rings is 1. The van der Waals surface area contributed by atoms with Gasteiger partial charge in [0.05, 0.1) is 24.9 Å². The van der Waals surface area contributed by atoms with Crippen LogP contribution in [0.2, 0.25) is 0 Å². The topological polar surface area (TPSA) is 77.4 Å². The molecule has 4 rings (SSSR count). The van der Waals surface area contributed by atoms with Crippen LogP contribution in [0.25, 0.3) is 0 Å². The van der Waals surface area contributed by atoms with Crippen molar-refractivity contribution < 1.29 is 14.3 Å². The second kappa shape index (κ2) is 7.47. The van der Waals surface area contributed by atoms with E-state index in [1.807, 2.05) is 23.2 Å². The Morgan fingerprint density at radius 2 is 2.04 bits per heavy atom. The highest BCUT2D eigenvalue weighted by atomic mass is 16.6. The Hall–Kier alpha value is -2.38. The number of likely N-dealkylation sites (tertiary alicyclic amines) is 1. The van der Waals surface area contributed by atoms with Gasteiger partial charge in [-0.3, -0.25) is 9.78 Å². The van der Waals surface area contributed by atoms with Crippen LogP contribution in [-0.4, -0.2) is 57.2 Å². The molecule has 1 unspecified atom stereocenters. The molecule has 2 fully saturated rings. The number of rotatable bonds is 4. The summed E-state index contributed by atoms with van der Waals surface area (Å²) < 4.78 is 12.1. The van der Waals surface area contributed by atoms with E-state index in [9.17, 15) is 4.79 Å². The standard InChI is InChI=1S/C19H22N4O3/c24-18(17-21-7-2-8-22-17)23-9-4-19(5-10-23)11-16(14-26-19)25-13-15-3-1-6-20-12-15/h1-3,6-8,12,16H,4-5,9-11,13-14H2. The number of aromatic nitrogens is 3. The van der Waals surface area contributed by atoms with Gasteiger partial charge in [-0.2, -0.15) is 0 Å². The van der Waals surface area contributed by atoms with E-state index < -0.39 is 0 Å². The fourth-order valence-corrected chi connectivity index (χ4v) is 3.62. The molecule has 7 heteroatoms. The summed E-state index contributed by atoms with van der Waals surface area (Å²) in [4.78, 5) is 26.5. The Labute approximate surface area is 152 Å². The van der Waals surface area contributed by atoms with Gasteiger partial charge < -0.3 is 14.4 Å². The highest BCUT2D eigenvalue weighted by Gasteiger charge is 2.44. The normalized spacial score (nSPS) is 21.8. The van der Waals surface area contributed by atoms with Gasteiger partial charge in [-0.1, -0.05) is 6.07 Å². The van der Waals surface area contributed by atoms with Gasteiger partial charge in [-0.05, 0) is 30.5 Å². The number of hydrogen-bond acceptors (Lipinski definition) is 6. The van der Waals surface area contributed by atoms with Gasteiger partial charge in [0.15, 0.2) is 0 Å². The molecule has 0 bridgehead atoms. The summed E-state index contributed by atoms with van der Waals surface area (Å²) in [5.74, 6) is 0.149. The summed E-state index contributed by atoms with van der Waals surface area (Å²) in [5, 5.41) is 0. The lowest BCUT2D eigenvalue weighted by Crippen LogP contribution is -2.47. The van der Waals surface area contributed by atoms with E-state index in [1.165, 1.54) is 0 Å². The van der Waals surface area contributed by atoms with E-state index in [-0.39, 0.29) is 23.4 Å². The molecule has 0 radical (unpaired) electrons. The van der Waals surface area contributed by atoms with Crippen LogP contribution in [-0.2, 0) is 16.1 Å². The van der Waals surface area contributed by atoms with Crippen LogP contribution in [0.1, 0.15) is 35.4 Å². The fraction of sp³-hybridized carbons (Fsp3) is 0.474. The number of amides is 1.